The predicted octanol–water partition coefficient (Wildman–Crippen LogP) is 3.49. The third kappa shape index (κ3) is 1.92. The molecule has 0 aromatic carbocycles. The maximum absolute atomic E-state index is 11.4. The molecule has 3 heteroatoms. The van der Waals surface area contributed by atoms with Crippen LogP contribution in [0.1, 0.15) is 78.2 Å². The average molecular weight is 245 g/mol. The molecule has 18 heavy (non-hydrogen) atoms. The number of nitrogens with zero attached hydrogens (tertiary/aromatic N) is 1. The van der Waals surface area contributed by atoms with Gasteiger partial charge in [0, 0.05) is 17.5 Å². The smallest absolute Gasteiger partial charge is 0.337 e. The molecule has 1 atom stereocenters. The van der Waals surface area contributed by atoms with Crippen molar-refractivity contribution in [2.24, 2.45) is 0 Å². The minimum Gasteiger partial charge on any atom is -0.478 e. The summed E-state index contributed by atoms with van der Waals surface area (Å²) in [7, 11) is 0. The second-order valence-corrected chi connectivity index (χ2v) is 5.54. The number of carboxylic acid groups (broad SMARTS) is 1. The Labute approximate surface area is 107 Å². The molecule has 1 N–H and O–H groups in total. The van der Waals surface area contributed by atoms with Crippen molar-refractivity contribution in [3.8, 4) is 0 Å². The molecule has 96 valence electrons. The van der Waals surface area contributed by atoms with Gasteiger partial charge in [0.2, 0.25) is 0 Å². The van der Waals surface area contributed by atoms with Crippen molar-refractivity contribution >= 4 is 5.97 Å². The summed E-state index contributed by atoms with van der Waals surface area (Å²) < 4.78 is 0. The minimum absolute atomic E-state index is 0.404. The van der Waals surface area contributed by atoms with Gasteiger partial charge in [-0.3, -0.25) is 4.98 Å². The monoisotopic (exact) mass is 245 g/mol. The quantitative estimate of drug-likeness (QED) is 0.886. The van der Waals surface area contributed by atoms with Gasteiger partial charge in [0.1, 0.15) is 0 Å². The number of hydrogen-bond donors (Lipinski definition) is 1. The van der Waals surface area contributed by atoms with Crippen molar-refractivity contribution in [2.75, 3.05) is 0 Å². The first-order valence-corrected chi connectivity index (χ1v) is 6.97. The molecule has 0 spiro atoms. The first kappa shape index (κ1) is 11.7. The number of aryl methyl sites for hydroxylation is 1. The van der Waals surface area contributed by atoms with E-state index in [1.807, 2.05) is 6.07 Å². The van der Waals surface area contributed by atoms with Crippen molar-refractivity contribution in [1.82, 2.24) is 4.98 Å². The van der Waals surface area contributed by atoms with Gasteiger partial charge in [-0.05, 0) is 50.2 Å². The molecule has 1 aromatic rings. The zero-order valence-electron chi connectivity index (χ0n) is 10.8. The predicted molar refractivity (Wildman–Crippen MR) is 69.1 cm³/mol. The Kier molecular flexibility index (Phi) is 2.84. The highest BCUT2D eigenvalue weighted by Crippen LogP contribution is 2.43. The number of rotatable bonds is 3. The van der Waals surface area contributed by atoms with E-state index >= 15 is 0 Å². The van der Waals surface area contributed by atoms with E-state index in [9.17, 15) is 9.90 Å². The summed E-state index contributed by atoms with van der Waals surface area (Å²) >= 11 is 0. The number of carbonyl (C=O) groups is 1. The van der Waals surface area contributed by atoms with Crippen LogP contribution in [0.25, 0.3) is 0 Å². The third-order valence-corrected chi connectivity index (χ3v) is 4.24. The molecule has 3 nitrogen and oxygen atoms in total. The van der Waals surface area contributed by atoms with Crippen LogP contribution in [0.3, 0.4) is 0 Å². The highest BCUT2D eigenvalue weighted by molar-refractivity contribution is 5.89. The van der Waals surface area contributed by atoms with Crippen molar-refractivity contribution in [1.29, 1.82) is 0 Å². The highest BCUT2D eigenvalue weighted by Gasteiger charge is 2.32. The minimum atomic E-state index is -0.814. The fourth-order valence-corrected chi connectivity index (χ4v) is 3.05. The van der Waals surface area contributed by atoms with E-state index in [1.165, 1.54) is 17.7 Å². The summed E-state index contributed by atoms with van der Waals surface area (Å²) in [5.74, 6) is 0.126. The standard InChI is InChI=1S/C15H19NO2/c1-2-9-4-3-5-11-8-12(15(17)18)14(10-6-7-10)16-13(9)11/h8-10H,2-7H2,1H3,(H,17,18). The molecule has 1 saturated carbocycles. The normalized spacial score (nSPS) is 22.6. The first-order chi connectivity index (χ1) is 8.70. The lowest BCUT2D eigenvalue weighted by atomic mass is 9.84. The van der Waals surface area contributed by atoms with Crippen LogP contribution in [0.5, 0.6) is 0 Å². The van der Waals surface area contributed by atoms with Crippen LogP contribution in [0, 0.1) is 0 Å². The van der Waals surface area contributed by atoms with Gasteiger partial charge in [-0.2, -0.15) is 0 Å². The molecule has 3 rings (SSSR count). The molecule has 0 amide bonds. The van der Waals surface area contributed by atoms with E-state index in [-0.39, 0.29) is 0 Å². The second-order valence-electron chi connectivity index (χ2n) is 5.54. The largest absolute Gasteiger partial charge is 0.478 e. The molecule has 1 fully saturated rings. The van der Waals surface area contributed by atoms with Gasteiger partial charge in [0.05, 0.1) is 11.3 Å². The lowest BCUT2D eigenvalue weighted by Gasteiger charge is -2.24. The molecule has 2 aliphatic rings. The van der Waals surface area contributed by atoms with Crippen LogP contribution in [-0.2, 0) is 6.42 Å². The Morgan fingerprint density at radius 2 is 2.17 bits per heavy atom. The van der Waals surface area contributed by atoms with Gasteiger partial charge in [0.25, 0.3) is 0 Å². The van der Waals surface area contributed by atoms with Crippen LogP contribution in [-0.4, -0.2) is 16.1 Å². The Hall–Kier alpha value is -1.38. The van der Waals surface area contributed by atoms with E-state index in [2.05, 4.69) is 6.92 Å². The summed E-state index contributed by atoms with van der Waals surface area (Å²) in [6, 6.07) is 1.90. The van der Waals surface area contributed by atoms with E-state index < -0.39 is 5.97 Å². The van der Waals surface area contributed by atoms with Gasteiger partial charge in [-0.15, -0.1) is 0 Å². The van der Waals surface area contributed by atoms with Crippen molar-refractivity contribution < 1.29 is 9.90 Å². The first-order valence-electron chi connectivity index (χ1n) is 6.97. The fraction of sp³-hybridized carbons (Fsp3) is 0.600. The SMILES string of the molecule is CCC1CCCc2cc(C(=O)O)c(C3CC3)nc21. The van der Waals surface area contributed by atoms with Gasteiger partial charge in [-0.25, -0.2) is 4.79 Å². The summed E-state index contributed by atoms with van der Waals surface area (Å²) in [6.45, 7) is 2.20. The number of fused-ring (bicyclic) bond motifs is 1. The molecule has 0 saturated heterocycles. The van der Waals surface area contributed by atoms with Crippen molar-refractivity contribution in [2.45, 2.75) is 57.3 Å². The average Bonchev–Trinajstić information content (AvgIpc) is 3.20. The molecule has 0 aliphatic heterocycles. The molecule has 2 aliphatic carbocycles. The molecule has 0 radical (unpaired) electrons. The summed E-state index contributed by atoms with van der Waals surface area (Å²) in [5.41, 5.74) is 3.67. The van der Waals surface area contributed by atoms with Crippen molar-refractivity contribution in [3.05, 3.63) is 28.6 Å². The summed E-state index contributed by atoms with van der Waals surface area (Å²) in [6.07, 6.45) is 6.66. The van der Waals surface area contributed by atoms with E-state index in [0.29, 0.717) is 17.4 Å². The van der Waals surface area contributed by atoms with Crippen LogP contribution in [0.4, 0.5) is 0 Å². The van der Waals surface area contributed by atoms with E-state index in [1.54, 1.807) is 0 Å². The second kappa shape index (κ2) is 4.38. The maximum atomic E-state index is 11.4. The highest BCUT2D eigenvalue weighted by atomic mass is 16.4. The topological polar surface area (TPSA) is 50.2 Å². The Bertz CT molecular complexity index is 492. The summed E-state index contributed by atoms with van der Waals surface area (Å²) in [5, 5.41) is 9.33. The number of hydrogen-bond acceptors (Lipinski definition) is 2. The molecule has 1 unspecified atom stereocenters. The van der Waals surface area contributed by atoms with Gasteiger partial charge < -0.3 is 5.11 Å². The number of aromatic carboxylic acids is 1. The van der Waals surface area contributed by atoms with E-state index in [0.717, 1.165) is 37.8 Å². The summed E-state index contributed by atoms with van der Waals surface area (Å²) in [4.78, 5) is 16.1. The molecule has 1 heterocycles. The van der Waals surface area contributed by atoms with Crippen LogP contribution in [0.2, 0.25) is 0 Å². The zero-order valence-corrected chi connectivity index (χ0v) is 10.8. The van der Waals surface area contributed by atoms with E-state index in [4.69, 9.17) is 4.98 Å². The molecular formula is C15H19NO2. The zero-order chi connectivity index (χ0) is 12.7. The molecule has 0 bridgehead atoms. The number of carboxylic acids is 1. The fourth-order valence-electron chi connectivity index (χ4n) is 3.05. The van der Waals surface area contributed by atoms with Gasteiger partial charge in [-0.1, -0.05) is 6.92 Å². The maximum Gasteiger partial charge on any atom is 0.337 e. The lowest BCUT2D eigenvalue weighted by Crippen LogP contribution is -2.16. The van der Waals surface area contributed by atoms with Crippen molar-refractivity contribution in [3.63, 3.8) is 0 Å². The number of aromatic nitrogens is 1. The Balaban J connectivity index is 2.11. The third-order valence-electron chi connectivity index (χ3n) is 4.24. The number of pyridine rings is 1. The lowest BCUT2D eigenvalue weighted by molar-refractivity contribution is 0.0694. The van der Waals surface area contributed by atoms with Crippen LogP contribution in [0.15, 0.2) is 6.07 Å². The Morgan fingerprint density at radius 3 is 2.78 bits per heavy atom. The van der Waals surface area contributed by atoms with Crippen LogP contribution >= 0.6 is 0 Å². The van der Waals surface area contributed by atoms with Gasteiger partial charge >= 0.3 is 5.97 Å². The molecular weight excluding hydrogens is 226 g/mol. The molecule has 1 aromatic heterocycles. The Morgan fingerprint density at radius 1 is 1.39 bits per heavy atom. The van der Waals surface area contributed by atoms with Gasteiger partial charge in [0.15, 0.2) is 0 Å². The van der Waals surface area contributed by atoms with Crippen LogP contribution < -0.4 is 0 Å².